The topological polar surface area (TPSA) is 6.48 Å². The summed E-state index contributed by atoms with van der Waals surface area (Å²) in [4.78, 5) is 5.26. The lowest BCUT2D eigenvalue weighted by molar-refractivity contribution is 0.315. The van der Waals surface area contributed by atoms with Crippen LogP contribution in [-0.2, 0) is 13.0 Å². The molecule has 2 heteroatoms. The van der Waals surface area contributed by atoms with Crippen molar-refractivity contribution in [3.05, 3.63) is 77.4 Å². The fourth-order valence-electron chi connectivity index (χ4n) is 5.44. The first-order chi connectivity index (χ1) is 13.8. The van der Waals surface area contributed by atoms with Gasteiger partial charge in [-0.15, -0.1) is 0 Å². The molecule has 2 aliphatic heterocycles. The lowest BCUT2D eigenvalue weighted by atomic mass is 9.90. The van der Waals surface area contributed by atoms with Crippen LogP contribution in [-0.4, -0.2) is 42.5 Å². The van der Waals surface area contributed by atoms with Crippen LogP contribution in [0.3, 0.4) is 0 Å². The van der Waals surface area contributed by atoms with E-state index in [4.69, 9.17) is 0 Å². The van der Waals surface area contributed by atoms with Crippen molar-refractivity contribution in [1.29, 1.82) is 0 Å². The second-order valence-electron chi connectivity index (χ2n) is 8.94. The highest BCUT2D eigenvalue weighted by molar-refractivity contribution is 5.70. The third-order valence-electron chi connectivity index (χ3n) is 7.01. The normalized spacial score (nSPS) is 25.2. The van der Waals surface area contributed by atoms with Gasteiger partial charge in [0.2, 0.25) is 0 Å². The van der Waals surface area contributed by atoms with E-state index in [1.807, 2.05) is 0 Å². The highest BCUT2D eigenvalue weighted by atomic mass is 15.2. The average Bonchev–Trinajstić information content (AvgIpc) is 3.45. The zero-order valence-electron chi connectivity index (χ0n) is 16.9. The molecular formula is C26H32N2. The van der Waals surface area contributed by atoms with E-state index in [2.05, 4.69) is 70.5 Å². The van der Waals surface area contributed by atoms with Crippen LogP contribution < -0.4 is 0 Å². The minimum atomic E-state index is 0.721. The Morgan fingerprint density at radius 1 is 0.786 bits per heavy atom. The molecule has 2 fully saturated rings. The molecule has 5 rings (SSSR count). The first kappa shape index (κ1) is 18.1. The lowest BCUT2D eigenvalue weighted by Gasteiger charge is -2.18. The van der Waals surface area contributed by atoms with Crippen LogP contribution in [0.1, 0.15) is 36.0 Å². The maximum absolute atomic E-state index is 2.65. The van der Waals surface area contributed by atoms with Crippen LogP contribution in [0.4, 0.5) is 0 Å². The van der Waals surface area contributed by atoms with Crippen molar-refractivity contribution in [2.24, 2.45) is 11.8 Å². The minimum absolute atomic E-state index is 0.721. The first-order valence-electron chi connectivity index (χ1n) is 11.1. The van der Waals surface area contributed by atoms with Gasteiger partial charge in [0, 0.05) is 32.1 Å². The summed E-state index contributed by atoms with van der Waals surface area (Å²) in [5.74, 6) is 1.53. The molecule has 0 N–H and O–H groups in total. The molecule has 0 spiro atoms. The van der Waals surface area contributed by atoms with Gasteiger partial charge in [-0.2, -0.15) is 0 Å². The van der Waals surface area contributed by atoms with Crippen LogP contribution in [0.2, 0.25) is 0 Å². The summed E-state index contributed by atoms with van der Waals surface area (Å²) in [7, 11) is 0. The number of benzene rings is 2. The smallest absolute Gasteiger partial charge is 0.0234 e. The molecule has 0 saturated carbocycles. The summed E-state index contributed by atoms with van der Waals surface area (Å²) >= 11 is 0. The predicted molar refractivity (Wildman–Crippen MR) is 117 cm³/mol. The van der Waals surface area contributed by atoms with E-state index >= 15 is 0 Å². The molecule has 3 aliphatic rings. The van der Waals surface area contributed by atoms with Gasteiger partial charge in [0.05, 0.1) is 0 Å². The van der Waals surface area contributed by atoms with Crippen molar-refractivity contribution in [3.63, 3.8) is 0 Å². The van der Waals surface area contributed by atoms with E-state index in [9.17, 15) is 0 Å². The molecule has 0 amide bonds. The molecular weight excluding hydrogens is 340 g/mol. The van der Waals surface area contributed by atoms with E-state index in [1.54, 1.807) is 5.57 Å². The molecule has 1 aliphatic carbocycles. The van der Waals surface area contributed by atoms with E-state index in [0.717, 1.165) is 18.4 Å². The molecule has 2 atom stereocenters. The first-order valence-corrected chi connectivity index (χ1v) is 11.1. The molecule has 2 saturated heterocycles. The summed E-state index contributed by atoms with van der Waals surface area (Å²) in [5.41, 5.74) is 5.99. The van der Waals surface area contributed by atoms with E-state index in [0.29, 0.717) is 0 Å². The van der Waals surface area contributed by atoms with Crippen molar-refractivity contribution >= 4 is 5.57 Å². The zero-order valence-corrected chi connectivity index (χ0v) is 16.9. The van der Waals surface area contributed by atoms with Gasteiger partial charge in [-0.3, -0.25) is 4.90 Å². The Morgan fingerprint density at radius 2 is 1.57 bits per heavy atom. The number of hydrogen-bond acceptors (Lipinski definition) is 2. The number of fused-ring (bicyclic) bond motifs is 1. The van der Waals surface area contributed by atoms with E-state index in [1.165, 1.54) is 75.1 Å². The summed E-state index contributed by atoms with van der Waals surface area (Å²) in [6.45, 7) is 7.37. The van der Waals surface area contributed by atoms with E-state index in [-0.39, 0.29) is 0 Å². The number of allylic oxidation sites excluding steroid dienone is 1. The summed E-state index contributed by atoms with van der Waals surface area (Å²) in [6, 6.07) is 20.4. The quantitative estimate of drug-likeness (QED) is 0.714. The standard InChI is InChI=1S/C26H32N2/c1-2-6-22(7-3-1)18-28-19-24-12-13-25(26(24)20-28)23-10-8-21(9-11-23)14-17-27-15-4-5-16-27/h1-3,6-11,13,24,26H,4-5,12,14-20H2. The predicted octanol–water partition coefficient (Wildman–Crippen LogP) is 4.86. The Bertz CT molecular complexity index is 802. The minimum Gasteiger partial charge on any atom is -0.303 e. The number of likely N-dealkylation sites (tertiary alicyclic amines) is 2. The molecule has 2 aromatic carbocycles. The summed E-state index contributed by atoms with van der Waals surface area (Å²) in [5, 5.41) is 0. The van der Waals surface area contributed by atoms with Crippen LogP contribution >= 0.6 is 0 Å². The van der Waals surface area contributed by atoms with Crippen molar-refractivity contribution in [1.82, 2.24) is 9.80 Å². The molecule has 28 heavy (non-hydrogen) atoms. The fourth-order valence-corrected chi connectivity index (χ4v) is 5.44. The van der Waals surface area contributed by atoms with Gasteiger partial charge in [-0.25, -0.2) is 0 Å². The SMILES string of the molecule is C1=C(c2ccc(CCN3CCCC3)cc2)C2CN(Cc3ccccc3)CC2C1. The van der Waals surface area contributed by atoms with Crippen molar-refractivity contribution < 1.29 is 0 Å². The third-order valence-corrected chi connectivity index (χ3v) is 7.01. The summed E-state index contributed by atoms with van der Waals surface area (Å²) < 4.78 is 0. The Morgan fingerprint density at radius 3 is 2.36 bits per heavy atom. The monoisotopic (exact) mass is 372 g/mol. The number of nitrogens with zero attached hydrogens (tertiary/aromatic N) is 2. The Kier molecular flexibility index (Phi) is 5.33. The molecule has 2 heterocycles. The fraction of sp³-hybridized carbons (Fsp3) is 0.462. The van der Waals surface area contributed by atoms with Crippen LogP contribution in [0.5, 0.6) is 0 Å². The van der Waals surface area contributed by atoms with Gasteiger partial charge in [-0.05, 0) is 67.0 Å². The third kappa shape index (κ3) is 3.94. The van der Waals surface area contributed by atoms with Gasteiger partial charge in [-0.1, -0.05) is 60.7 Å². The average molecular weight is 373 g/mol. The molecule has 0 radical (unpaired) electrons. The van der Waals surface area contributed by atoms with Gasteiger partial charge in [0.15, 0.2) is 0 Å². The number of hydrogen-bond donors (Lipinski definition) is 0. The van der Waals surface area contributed by atoms with Gasteiger partial charge in [0.1, 0.15) is 0 Å². The molecule has 0 bridgehead atoms. The highest BCUT2D eigenvalue weighted by Gasteiger charge is 2.38. The summed E-state index contributed by atoms with van der Waals surface area (Å²) in [6.07, 6.45) is 7.74. The second kappa shape index (κ2) is 8.23. The zero-order chi connectivity index (χ0) is 18.8. The molecule has 2 unspecified atom stereocenters. The maximum Gasteiger partial charge on any atom is 0.0234 e. The Hall–Kier alpha value is -1.90. The van der Waals surface area contributed by atoms with Gasteiger partial charge >= 0.3 is 0 Å². The second-order valence-corrected chi connectivity index (χ2v) is 8.94. The van der Waals surface area contributed by atoms with Crippen molar-refractivity contribution in [2.75, 3.05) is 32.7 Å². The van der Waals surface area contributed by atoms with Crippen LogP contribution in [0.25, 0.3) is 5.57 Å². The van der Waals surface area contributed by atoms with Crippen molar-refractivity contribution in [2.45, 2.75) is 32.2 Å². The van der Waals surface area contributed by atoms with E-state index < -0.39 is 0 Å². The van der Waals surface area contributed by atoms with Crippen LogP contribution in [0.15, 0.2) is 60.7 Å². The van der Waals surface area contributed by atoms with Crippen molar-refractivity contribution in [3.8, 4) is 0 Å². The van der Waals surface area contributed by atoms with Crippen LogP contribution in [0, 0.1) is 11.8 Å². The molecule has 146 valence electrons. The maximum atomic E-state index is 2.65. The lowest BCUT2D eigenvalue weighted by Crippen LogP contribution is -2.21. The largest absolute Gasteiger partial charge is 0.303 e. The Labute approximate surface area is 169 Å². The molecule has 2 aromatic rings. The van der Waals surface area contributed by atoms with Gasteiger partial charge in [0.25, 0.3) is 0 Å². The Balaban J connectivity index is 1.19. The molecule has 0 aromatic heterocycles. The van der Waals surface area contributed by atoms with Gasteiger partial charge < -0.3 is 4.90 Å². The highest BCUT2D eigenvalue weighted by Crippen LogP contribution is 2.43. The molecule has 2 nitrogen and oxygen atoms in total. The number of rotatable bonds is 6.